The molecule has 0 amide bonds. The predicted octanol–water partition coefficient (Wildman–Crippen LogP) is 2.86. The Bertz CT molecular complexity index is 432. The van der Waals surface area contributed by atoms with E-state index in [0.717, 1.165) is 37.3 Å². The number of nitrogens with one attached hydrogen (secondary N) is 1. The fraction of sp³-hybridized carbons (Fsp3) is 0.882. The van der Waals surface area contributed by atoms with Gasteiger partial charge in [0.15, 0.2) is 0 Å². The van der Waals surface area contributed by atoms with Crippen molar-refractivity contribution in [3.05, 3.63) is 12.4 Å². The van der Waals surface area contributed by atoms with Crippen molar-refractivity contribution in [1.82, 2.24) is 20.3 Å². The van der Waals surface area contributed by atoms with Gasteiger partial charge in [0.25, 0.3) is 0 Å². The summed E-state index contributed by atoms with van der Waals surface area (Å²) in [6.45, 7) is 4.52. The molecule has 0 spiro atoms. The predicted molar refractivity (Wildman–Crippen MR) is 82.7 cm³/mol. The van der Waals surface area contributed by atoms with E-state index in [9.17, 15) is 0 Å². The second-order valence-electron chi connectivity index (χ2n) is 7.98. The van der Waals surface area contributed by atoms with E-state index in [2.05, 4.69) is 22.6 Å². The minimum atomic E-state index is 0.627. The van der Waals surface area contributed by atoms with Crippen molar-refractivity contribution in [2.24, 2.45) is 23.2 Å². The molecule has 5 rings (SSSR count). The highest BCUT2D eigenvalue weighted by Crippen LogP contribution is 2.61. The Labute approximate surface area is 127 Å². The Balaban J connectivity index is 1.29. The Morgan fingerprint density at radius 3 is 2.43 bits per heavy atom. The number of hydrogen-bond acceptors (Lipinski definition) is 3. The third-order valence-electron chi connectivity index (χ3n) is 6.49. The number of rotatable bonds is 6. The summed E-state index contributed by atoms with van der Waals surface area (Å²) in [4.78, 5) is 0. The maximum Gasteiger partial charge on any atom is 0.0692 e. The highest BCUT2D eigenvalue weighted by molar-refractivity contribution is 5.05. The molecule has 1 atom stereocenters. The zero-order chi connectivity index (χ0) is 14.3. The van der Waals surface area contributed by atoms with Gasteiger partial charge >= 0.3 is 0 Å². The van der Waals surface area contributed by atoms with E-state index in [-0.39, 0.29) is 0 Å². The van der Waals surface area contributed by atoms with Gasteiger partial charge < -0.3 is 5.32 Å². The molecule has 1 N–H and O–H groups in total. The quantitative estimate of drug-likeness (QED) is 0.819. The molecule has 4 aliphatic rings. The van der Waals surface area contributed by atoms with Crippen LogP contribution in [0.2, 0.25) is 0 Å². The molecule has 4 fully saturated rings. The molecular weight excluding hydrogens is 260 g/mol. The van der Waals surface area contributed by atoms with E-state index >= 15 is 0 Å². The molecule has 0 aromatic carbocycles. The van der Waals surface area contributed by atoms with Crippen LogP contribution in [-0.2, 0) is 6.54 Å². The highest BCUT2D eigenvalue weighted by atomic mass is 15.4. The Hall–Kier alpha value is -0.900. The Morgan fingerprint density at radius 2 is 1.86 bits per heavy atom. The average molecular weight is 288 g/mol. The van der Waals surface area contributed by atoms with Gasteiger partial charge in [0, 0.05) is 18.8 Å². The summed E-state index contributed by atoms with van der Waals surface area (Å²) in [5.74, 6) is 3.15. The smallest absolute Gasteiger partial charge is 0.0692 e. The van der Waals surface area contributed by atoms with E-state index in [1.165, 1.54) is 38.5 Å². The third kappa shape index (κ3) is 2.63. The summed E-state index contributed by atoms with van der Waals surface area (Å²) < 4.78 is 1.93. The molecule has 1 aromatic heterocycles. The highest BCUT2D eigenvalue weighted by Gasteiger charge is 2.52. The summed E-state index contributed by atoms with van der Waals surface area (Å²) in [7, 11) is 0. The fourth-order valence-electron chi connectivity index (χ4n) is 5.84. The van der Waals surface area contributed by atoms with Crippen LogP contribution in [0.5, 0.6) is 0 Å². The summed E-state index contributed by atoms with van der Waals surface area (Å²) in [6, 6.07) is 0.682. The van der Waals surface area contributed by atoms with E-state index in [4.69, 9.17) is 0 Å². The molecule has 4 saturated carbocycles. The molecule has 1 heterocycles. The second kappa shape index (κ2) is 5.38. The third-order valence-corrected chi connectivity index (χ3v) is 6.49. The molecule has 4 heteroatoms. The van der Waals surface area contributed by atoms with Gasteiger partial charge in [0.05, 0.1) is 6.20 Å². The SMILES string of the molecule is CC(NCCCn1ccnn1)C12CC3CC(CC(C3)C1)C2. The zero-order valence-corrected chi connectivity index (χ0v) is 13.2. The maximum atomic E-state index is 4.03. The molecule has 4 nitrogen and oxygen atoms in total. The van der Waals surface area contributed by atoms with Crippen molar-refractivity contribution in [2.45, 2.75) is 64.5 Å². The minimum absolute atomic E-state index is 0.627. The van der Waals surface area contributed by atoms with E-state index in [1.807, 2.05) is 10.9 Å². The van der Waals surface area contributed by atoms with Crippen LogP contribution in [0, 0.1) is 23.2 Å². The molecule has 1 unspecified atom stereocenters. The molecule has 0 aliphatic heterocycles. The van der Waals surface area contributed by atoms with Crippen molar-refractivity contribution < 1.29 is 0 Å². The van der Waals surface area contributed by atoms with Gasteiger partial charge in [-0.2, -0.15) is 0 Å². The minimum Gasteiger partial charge on any atom is -0.314 e. The first kappa shape index (κ1) is 13.7. The topological polar surface area (TPSA) is 42.7 Å². The Kier molecular flexibility index (Phi) is 3.52. The molecule has 4 bridgehead atoms. The number of aromatic nitrogens is 3. The van der Waals surface area contributed by atoms with Gasteiger partial charge in [0.2, 0.25) is 0 Å². The lowest BCUT2D eigenvalue weighted by Crippen LogP contribution is -2.55. The van der Waals surface area contributed by atoms with Gasteiger partial charge in [-0.1, -0.05) is 5.21 Å². The fourth-order valence-corrected chi connectivity index (χ4v) is 5.84. The van der Waals surface area contributed by atoms with Gasteiger partial charge in [-0.25, -0.2) is 0 Å². The lowest BCUT2D eigenvalue weighted by atomic mass is 9.48. The van der Waals surface area contributed by atoms with Gasteiger partial charge in [-0.15, -0.1) is 5.10 Å². The average Bonchev–Trinajstić information content (AvgIpc) is 2.95. The van der Waals surface area contributed by atoms with Crippen LogP contribution in [0.3, 0.4) is 0 Å². The second-order valence-corrected chi connectivity index (χ2v) is 7.98. The molecule has 21 heavy (non-hydrogen) atoms. The van der Waals surface area contributed by atoms with Gasteiger partial charge in [0.1, 0.15) is 0 Å². The van der Waals surface area contributed by atoms with E-state index in [1.54, 1.807) is 6.20 Å². The van der Waals surface area contributed by atoms with Crippen molar-refractivity contribution in [2.75, 3.05) is 6.54 Å². The summed E-state index contributed by atoms with van der Waals surface area (Å²) >= 11 is 0. The molecule has 0 saturated heterocycles. The summed E-state index contributed by atoms with van der Waals surface area (Å²) in [5, 5.41) is 11.7. The monoisotopic (exact) mass is 288 g/mol. The Morgan fingerprint density at radius 1 is 1.19 bits per heavy atom. The van der Waals surface area contributed by atoms with Crippen LogP contribution in [0.4, 0.5) is 0 Å². The van der Waals surface area contributed by atoms with Crippen molar-refractivity contribution in [3.63, 3.8) is 0 Å². The van der Waals surface area contributed by atoms with Crippen molar-refractivity contribution >= 4 is 0 Å². The number of nitrogens with zero attached hydrogens (tertiary/aromatic N) is 3. The van der Waals surface area contributed by atoms with Crippen LogP contribution in [0.1, 0.15) is 51.9 Å². The maximum absolute atomic E-state index is 4.03. The number of aryl methyl sites for hydroxylation is 1. The first-order chi connectivity index (χ1) is 10.2. The van der Waals surface area contributed by atoms with Crippen molar-refractivity contribution in [1.29, 1.82) is 0 Å². The summed E-state index contributed by atoms with van der Waals surface area (Å²) in [5.41, 5.74) is 0.627. The molecule has 1 aromatic rings. The molecule has 4 aliphatic carbocycles. The van der Waals surface area contributed by atoms with Gasteiger partial charge in [-0.05, 0) is 81.6 Å². The first-order valence-electron chi connectivity index (χ1n) is 8.81. The van der Waals surface area contributed by atoms with Gasteiger partial charge in [-0.3, -0.25) is 4.68 Å². The molecule has 116 valence electrons. The van der Waals surface area contributed by atoms with E-state index < -0.39 is 0 Å². The normalized spacial score (nSPS) is 38.8. The lowest BCUT2D eigenvalue weighted by molar-refractivity contribution is -0.0703. The standard InChI is InChI=1S/C17H28N4/c1-13(18-3-2-5-21-6-4-19-20-21)17-10-14-7-15(11-17)9-16(8-14)12-17/h4,6,13-16,18H,2-3,5,7-12H2,1H3. The van der Waals surface area contributed by atoms with Crippen LogP contribution in [0.25, 0.3) is 0 Å². The largest absolute Gasteiger partial charge is 0.314 e. The van der Waals surface area contributed by atoms with Crippen LogP contribution in [0.15, 0.2) is 12.4 Å². The van der Waals surface area contributed by atoms with Crippen LogP contribution >= 0.6 is 0 Å². The van der Waals surface area contributed by atoms with Crippen LogP contribution < -0.4 is 5.32 Å². The molecule has 0 radical (unpaired) electrons. The van der Waals surface area contributed by atoms with E-state index in [0.29, 0.717) is 11.5 Å². The first-order valence-corrected chi connectivity index (χ1v) is 8.81. The zero-order valence-electron chi connectivity index (χ0n) is 13.2. The van der Waals surface area contributed by atoms with Crippen LogP contribution in [-0.4, -0.2) is 27.6 Å². The number of hydrogen-bond donors (Lipinski definition) is 1. The lowest BCUT2D eigenvalue weighted by Gasteiger charge is -2.59. The molecular formula is C17H28N4. The van der Waals surface area contributed by atoms with Crippen molar-refractivity contribution in [3.8, 4) is 0 Å². The summed E-state index contributed by atoms with van der Waals surface area (Å²) in [6.07, 6.45) is 13.9.